The Morgan fingerprint density at radius 3 is 2.44 bits per heavy atom. The number of hydrogen-bond donors (Lipinski definition) is 3. The van der Waals surface area contributed by atoms with E-state index in [0.717, 1.165) is 18.4 Å². The van der Waals surface area contributed by atoms with Gasteiger partial charge in [0.25, 0.3) is 0 Å². The smallest absolute Gasteiger partial charge is 0.245 e. The number of carbonyl (C=O) groups excluding carboxylic acids is 3. The van der Waals surface area contributed by atoms with Crippen molar-refractivity contribution in [3.05, 3.63) is 83.9 Å². The molecule has 9 nitrogen and oxygen atoms in total. The van der Waals surface area contributed by atoms with Crippen LogP contribution in [0, 0.1) is 0 Å². The van der Waals surface area contributed by atoms with Crippen LogP contribution in [0.1, 0.15) is 43.5 Å². The number of aromatic amines is 1. The molecule has 0 radical (unpaired) electrons. The molecule has 3 atom stereocenters. The number of ether oxygens (including phenoxy) is 1. The SMILES string of the molecule is COc1ccc(C[C@H](NC(=O)[C@H](Cc2cnc[nH]2)NC(C)=O)C(=O)N2CCCC(C)(c3ccccc3)C2)cc1. The number of amides is 3. The molecule has 1 saturated heterocycles. The molecule has 206 valence electrons. The summed E-state index contributed by atoms with van der Waals surface area (Å²) >= 11 is 0. The number of rotatable bonds is 10. The number of nitrogens with zero attached hydrogens (tertiary/aromatic N) is 2. The lowest BCUT2D eigenvalue weighted by Gasteiger charge is -2.42. The van der Waals surface area contributed by atoms with Crippen LogP contribution in [0.25, 0.3) is 0 Å². The summed E-state index contributed by atoms with van der Waals surface area (Å²) in [5.41, 5.74) is 2.62. The second-order valence-corrected chi connectivity index (χ2v) is 10.4. The molecule has 0 spiro atoms. The van der Waals surface area contributed by atoms with E-state index in [1.165, 1.54) is 18.8 Å². The zero-order valence-corrected chi connectivity index (χ0v) is 22.8. The van der Waals surface area contributed by atoms with Gasteiger partial charge in [0.2, 0.25) is 17.7 Å². The second-order valence-electron chi connectivity index (χ2n) is 10.4. The summed E-state index contributed by atoms with van der Waals surface area (Å²) in [5, 5.41) is 5.68. The van der Waals surface area contributed by atoms with Gasteiger partial charge >= 0.3 is 0 Å². The number of methoxy groups -OCH3 is 1. The van der Waals surface area contributed by atoms with Crippen molar-refractivity contribution in [1.29, 1.82) is 0 Å². The Bertz CT molecular complexity index is 1250. The monoisotopic (exact) mass is 531 g/mol. The molecular formula is C30H37N5O4. The standard InChI is InChI=1S/C30H37N5O4/c1-21(36)33-26(17-24-18-31-20-32-24)28(37)34-27(16-22-10-12-25(39-3)13-11-22)29(38)35-15-7-14-30(2,19-35)23-8-5-4-6-9-23/h4-6,8-13,18,20,26-27H,7,14-17,19H2,1-3H3,(H,31,32)(H,33,36)(H,34,37)/t26-,27-,30?/m0/s1. The minimum atomic E-state index is -0.856. The maximum atomic E-state index is 14.0. The largest absolute Gasteiger partial charge is 0.497 e. The highest BCUT2D eigenvalue weighted by molar-refractivity contribution is 5.92. The van der Waals surface area contributed by atoms with E-state index in [2.05, 4.69) is 39.7 Å². The van der Waals surface area contributed by atoms with Crippen molar-refractivity contribution in [2.45, 2.75) is 57.0 Å². The van der Waals surface area contributed by atoms with Crippen LogP contribution in [0.5, 0.6) is 5.75 Å². The molecule has 1 unspecified atom stereocenters. The first-order valence-electron chi connectivity index (χ1n) is 13.3. The molecule has 0 saturated carbocycles. The molecule has 3 amide bonds. The average Bonchev–Trinajstić information content (AvgIpc) is 3.46. The Morgan fingerprint density at radius 1 is 1.05 bits per heavy atom. The number of hydrogen-bond acceptors (Lipinski definition) is 5. The van der Waals surface area contributed by atoms with Gasteiger partial charge in [-0.05, 0) is 36.1 Å². The molecule has 2 aromatic carbocycles. The third kappa shape index (κ3) is 7.25. The number of imidazole rings is 1. The topological polar surface area (TPSA) is 116 Å². The van der Waals surface area contributed by atoms with Crippen molar-refractivity contribution < 1.29 is 19.1 Å². The molecule has 2 heterocycles. The maximum absolute atomic E-state index is 14.0. The van der Waals surface area contributed by atoms with Crippen LogP contribution in [0.4, 0.5) is 0 Å². The van der Waals surface area contributed by atoms with E-state index in [4.69, 9.17) is 4.74 Å². The van der Waals surface area contributed by atoms with Gasteiger partial charge in [-0.3, -0.25) is 14.4 Å². The van der Waals surface area contributed by atoms with Crippen molar-refractivity contribution in [2.75, 3.05) is 20.2 Å². The summed E-state index contributed by atoms with van der Waals surface area (Å²) in [7, 11) is 1.60. The van der Waals surface area contributed by atoms with Crippen molar-refractivity contribution >= 4 is 17.7 Å². The number of H-pyrrole nitrogens is 1. The molecule has 0 bridgehead atoms. The van der Waals surface area contributed by atoms with E-state index in [0.29, 0.717) is 31.0 Å². The number of nitrogens with one attached hydrogen (secondary N) is 3. The molecule has 1 aliphatic rings. The fourth-order valence-corrected chi connectivity index (χ4v) is 5.26. The molecule has 0 aliphatic carbocycles. The van der Waals surface area contributed by atoms with E-state index < -0.39 is 18.0 Å². The average molecular weight is 532 g/mol. The predicted molar refractivity (Wildman–Crippen MR) is 148 cm³/mol. The first-order chi connectivity index (χ1) is 18.8. The number of benzene rings is 2. The highest BCUT2D eigenvalue weighted by Gasteiger charge is 2.37. The summed E-state index contributed by atoms with van der Waals surface area (Å²) in [6.07, 6.45) is 5.52. The van der Waals surface area contributed by atoms with Crippen molar-refractivity contribution in [1.82, 2.24) is 25.5 Å². The molecule has 3 N–H and O–H groups in total. The number of carbonyl (C=O) groups is 3. The predicted octanol–water partition coefficient (Wildman–Crippen LogP) is 2.77. The van der Waals surface area contributed by atoms with Crippen LogP contribution in [0.15, 0.2) is 67.1 Å². The summed E-state index contributed by atoms with van der Waals surface area (Å²) < 4.78 is 5.27. The molecule has 1 fully saturated rings. The van der Waals surface area contributed by atoms with E-state index in [1.54, 1.807) is 13.3 Å². The Kier molecular flexibility index (Phi) is 9.01. The normalized spacial score (nSPS) is 18.6. The minimum absolute atomic E-state index is 0.135. The van der Waals surface area contributed by atoms with Crippen LogP contribution in [-0.2, 0) is 32.6 Å². The third-order valence-electron chi connectivity index (χ3n) is 7.37. The van der Waals surface area contributed by atoms with E-state index >= 15 is 0 Å². The van der Waals surface area contributed by atoms with Crippen molar-refractivity contribution in [3.63, 3.8) is 0 Å². The molecule has 1 aromatic heterocycles. The Morgan fingerprint density at radius 2 is 1.79 bits per heavy atom. The van der Waals surface area contributed by atoms with Gasteiger partial charge in [-0.1, -0.05) is 49.4 Å². The van der Waals surface area contributed by atoms with Gasteiger partial charge in [0, 0.05) is 50.2 Å². The van der Waals surface area contributed by atoms with E-state index in [1.807, 2.05) is 47.4 Å². The van der Waals surface area contributed by atoms with Crippen molar-refractivity contribution in [2.24, 2.45) is 0 Å². The number of aromatic nitrogens is 2. The lowest BCUT2D eigenvalue weighted by molar-refractivity contribution is -0.139. The zero-order valence-electron chi connectivity index (χ0n) is 22.8. The highest BCUT2D eigenvalue weighted by Crippen LogP contribution is 2.34. The van der Waals surface area contributed by atoms with Gasteiger partial charge in [-0.25, -0.2) is 4.98 Å². The first kappa shape index (κ1) is 27.9. The van der Waals surface area contributed by atoms with Gasteiger partial charge in [0.1, 0.15) is 17.8 Å². The maximum Gasteiger partial charge on any atom is 0.245 e. The number of piperidine rings is 1. The Hall–Kier alpha value is -4.14. The molecule has 39 heavy (non-hydrogen) atoms. The zero-order chi connectivity index (χ0) is 27.8. The van der Waals surface area contributed by atoms with Gasteiger partial charge in [0.05, 0.1) is 13.4 Å². The first-order valence-corrected chi connectivity index (χ1v) is 13.3. The van der Waals surface area contributed by atoms with Crippen molar-refractivity contribution in [3.8, 4) is 5.75 Å². The quantitative estimate of drug-likeness (QED) is 0.372. The third-order valence-corrected chi connectivity index (χ3v) is 7.37. The summed E-state index contributed by atoms with van der Waals surface area (Å²) in [6.45, 7) is 4.75. The molecule has 4 rings (SSSR count). The van der Waals surface area contributed by atoms with Gasteiger partial charge in [-0.2, -0.15) is 0 Å². The van der Waals surface area contributed by atoms with E-state index in [-0.39, 0.29) is 23.7 Å². The second kappa shape index (κ2) is 12.6. The van der Waals surface area contributed by atoms with E-state index in [9.17, 15) is 14.4 Å². The van der Waals surface area contributed by atoms with Crippen LogP contribution >= 0.6 is 0 Å². The Balaban J connectivity index is 1.57. The molecular weight excluding hydrogens is 494 g/mol. The van der Waals surface area contributed by atoms with Gasteiger partial charge < -0.3 is 25.3 Å². The van der Waals surface area contributed by atoms with Crippen LogP contribution < -0.4 is 15.4 Å². The van der Waals surface area contributed by atoms with Gasteiger partial charge in [0.15, 0.2) is 0 Å². The molecule has 3 aromatic rings. The van der Waals surface area contributed by atoms with Crippen LogP contribution in [0.3, 0.4) is 0 Å². The van der Waals surface area contributed by atoms with Crippen LogP contribution in [-0.4, -0.2) is 64.9 Å². The fourth-order valence-electron chi connectivity index (χ4n) is 5.26. The summed E-state index contributed by atoms with van der Waals surface area (Å²) in [6, 6.07) is 16.1. The fraction of sp³-hybridized carbons (Fsp3) is 0.400. The Labute approximate surface area is 229 Å². The number of likely N-dealkylation sites (tertiary alicyclic amines) is 1. The lowest BCUT2D eigenvalue weighted by atomic mass is 9.76. The van der Waals surface area contributed by atoms with Crippen LogP contribution in [0.2, 0.25) is 0 Å². The molecule has 9 heteroatoms. The lowest BCUT2D eigenvalue weighted by Crippen LogP contribution is -2.58. The highest BCUT2D eigenvalue weighted by atomic mass is 16.5. The summed E-state index contributed by atoms with van der Waals surface area (Å²) in [5.74, 6) is -0.174. The minimum Gasteiger partial charge on any atom is -0.497 e. The van der Waals surface area contributed by atoms with Gasteiger partial charge in [-0.15, -0.1) is 0 Å². The summed E-state index contributed by atoms with van der Waals surface area (Å²) in [4.78, 5) is 48.3. The molecule has 1 aliphatic heterocycles.